The van der Waals surface area contributed by atoms with Gasteiger partial charge in [0.2, 0.25) is 0 Å². The Labute approximate surface area is 197 Å². The molecule has 1 N–H and O–H groups in total. The van der Waals surface area contributed by atoms with Crippen molar-refractivity contribution in [3.05, 3.63) is 65.0 Å². The number of rotatable bonds is 8. The smallest absolute Gasteiger partial charge is 0.340 e. The number of carbonyl (C=O) groups excluding carboxylic acids is 2. The van der Waals surface area contributed by atoms with Crippen LogP contribution in [0.3, 0.4) is 0 Å². The topological polar surface area (TPSA) is 67.9 Å². The largest absolute Gasteiger partial charge is 0.481 e. The minimum absolute atomic E-state index is 0.144. The SMILES string of the molecule is COC(=O)c1cc(N2CCC=C(F)C2)ccc1NC(=O)[C@H](CC1CC1)Oc1ccc(Cl)cc1. The number of methoxy groups -OCH3 is 1. The Morgan fingerprint density at radius 2 is 1.97 bits per heavy atom. The second kappa shape index (κ2) is 10.3. The van der Waals surface area contributed by atoms with Crippen LogP contribution in [0.25, 0.3) is 0 Å². The Morgan fingerprint density at radius 1 is 1.21 bits per heavy atom. The molecule has 0 radical (unpaired) electrons. The summed E-state index contributed by atoms with van der Waals surface area (Å²) in [5.41, 5.74) is 1.21. The van der Waals surface area contributed by atoms with Crippen molar-refractivity contribution < 1.29 is 23.5 Å². The van der Waals surface area contributed by atoms with Gasteiger partial charge >= 0.3 is 5.97 Å². The molecule has 6 nitrogen and oxygen atoms in total. The molecule has 2 aromatic carbocycles. The van der Waals surface area contributed by atoms with Crippen LogP contribution in [0.4, 0.5) is 15.8 Å². The number of hydrogen-bond acceptors (Lipinski definition) is 5. The number of nitrogens with one attached hydrogen (secondary N) is 1. The number of ether oxygens (including phenoxy) is 2. The van der Waals surface area contributed by atoms with E-state index in [-0.39, 0.29) is 23.8 Å². The van der Waals surface area contributed by atoms with Crippen LogP contribution in [0.15, 0.2) is 54.4 Å². The first-order valence-electron chi connectivity index (χ1n) is 11.0. The molecule has 174 valence electrons. The van der Waals surface area contributed by atoms with Crippen LogP contribution in [0, 0.1) is 5.92 Å². The number of halogens is 2. The molecule has 0 spiro atoms. The van der Waals surface area contributed by atoms with E-state index in [1.165, 1.54) is 7.11 Å². The minimum atomic E-state index is -0.717. The Kier molecular flexibility index (Phi) is 7.18. The van der Waals surface area contributed by atoms with Gasteiger partial charge in [0, 0.05) is 17.3 Å². The number of carbonyl (C=O) groups is 2. The molecule has 1 aliphatic heterocycles. The molecule has 0 saturated heterocycles. The zero-order valence-corrected chi connectivity index (χ0v) is 19.1. The van der Waals surface area contributed by atoms with Crippen LogP contribution < -0.4 is 15.0 Å². The molecule has 4 rings (SSSR count). The number of amides is 1. The molecule has 0 bridgehead atoms. The highest BCUT2D eigenvalue weighted by Crippen LogP contribution is 2.35. The van der Waals surface area contributed by atoms with Gasteiger partial charge in [0.1, 0.15) is 11.6 Å². The fraction of sp³-hybridized carbons (Fsp3) is 0.360. The first kappa shape index (κ1) is 23.1. The first-order valence-corrected chi connectivity index (χ1v) is 11.4. The van der Waals surface area contributed by atoms with Crippen LogP contribution in [-0.4, -0.2) is 38.2 Å². The fourth-order valence-corrected chi connectivity index (χ4v) is 3.92. The molecular weight excluding hydrogens is 447 g/mol. The lowest BCUT2D eigenvalue weighted by atomic mass is 10.1. The van der Waals surface area contributed by atoms with Crippen LogP contribution in [-0.2, 0) is 9.53 Å². The molecule has 1 fully saturated rings. The number of nitrogens with zero attached hydrogens (tertiary/aromatic N) is 1. The molecule has 2 aromatic rings. The number of anilines is 2. The van der Waals surface area contributed by atoms with Gasteiger partial charge in [0.15, 0.2) is 6.10 Å². The predicted octanol–water partition coefficient (Wildman–Crippen LogP) is 5.38. The van der Waals surface area contributed by atoms with Crippen LogP contribution in [0.1, 0.15) is 36.0 Å². The fourth-order valence-electron chi connectivity index (χ4n) is 3.80. The lowest BCUT2D eigenvalue weighted by Crippen LogP contribution is -2.34. The first-order chi connectivity index (χ1) is 15.9. The standard InChI is InChI=1S/C25H26ClFN2O4/c1-32-25(31)21-14-19(29-12-2-3-18(27)15-29)8-11-22(21)28-24(30)23(13-16-4-5-16)33-20-9-6-17(26)7-10-20/h3,6-11,14,16,23H,2,4-5,12-13,15H2,1H3,(H,28,30)/t23-/m0/s1. The summed E-state index contributed by atoms with van der Waals surface area (Å²) in [7, 11) is 1.28. The number of esters is 1. The van der Waals surface area contributed by atoms with Gasteiger partial charge in [-0.05, 0) is 67.3 Å². The Hall–Kier alpha value is -3.06. The third-order valence-electron chi connectivity index (χ3n) is 5.77. The summed E-state index contributed by atoms with van der Waals surface area (Å²) in [6.07, 6.45) is 4.15. The quantitative estimate of drug-likeness (QED) is 0.523. The van der Waals surface area contributed by atoms with Gasteiger partial charge in [-0.1, -0.05) is 24.4 Å². The Balaban J connectivity index is 1.54. The zero-order chi connectivity index (χ0) is 23.4. The summed E-state index contributed by atoms with van der Waals surface area (Å²) in [6, 6.07) is 11.9. The van der Waals surface area contributed by atoms with E-state index >= 15 is 0 Å². The van der Waals surface area contributed by atoms with E-state index in [1.807, 2.05) is 4.90 Å². The molecule has 1 amide bonds. The third kappa shape index (κ3) is 6.05. The van der Waals surface area contributed by atoms with Crippen molar-refractivity contribution in [1.29, 1.82) is 0 Å². The van der Waals surface area contributed by atoms with E-state index < -0.39 is 12.1 Å². The highest BCUT2D eigenvalue weighted by molar-refractivity contribution is 6.30. The molecule has 2 aliphatic rings. The lowest BCUT2D eigenvalue weighted by Gasteiger charge is -2.27. The van der Waals surface area contributed by atoms with Gasteiger partial charge < -0.3 is 19.7 Å². The van der Waals surface area contributed by atoms with Crippen molar-refractivity contribution >= 4 is 34.9 Å². The van der Waals surface area contributed by atoms with Gasteiger partial charge in [-0.2, -0.15) is 0 Å². The highest BCUT2D eigenvalue weighted by atomic mass is 35.5. The van der Waals surface area contributed by atoms with Gasteiger partial charge in [-0.3, -0.25) is 4.79 Å². The van der Waals surface area contributed by atoms with E-state index in [4.69, 9.17) is 21.1 Å². The second-order valence-corrected chi connectivity index (χ2v) is 8.75. The van der Waals surface area contributed by atoms with Gasteiger partial charge in [-0.25, -0.2) is 9.18 Å². The van der Waals surface area contributed by atoms with Crippen LogP contribution >= 0.6 is 11.6 Å². The summed E-state index contributed by atoms with van der Waals surface area (Å²) < 4.78 is 24.6. The zero-order valence-electron chi connectivity index (χ0n) is 18.4. The predicted molar refractivity (Wildman–Crippen MR) is 126 cm³/mol. The van der Waals surface area contributed by atoms with E-state index in [0.29, 0.717) is 47.5 Å². The Morgan fingerprint density at radius 3 is 2.64 bits per heavy atom. The van der Waals surface area contributed by atoms with Crippen molar-refractivity contribution in [2.24, 2.45) is 5.92 Å². The maximum Gasteiger partial charge on any atom is 0.340 e. The Bertz CT molecular complexity index is 1050. The summed E-state index contributed by atoms with van der Waals surface area (Å²) in [5, 5.41) is 3.42. The molecule has 1 saturated carbocycles. The van der Waals surface area contributed by atoms with Crippen molar-refractivity contribution in [3.8, 4) is 5.75 Å². The van der Waals surface area contributed by atoms with Gasteiger partial charge in [0.25, 0.3) is 5.91 Å². The van der Waals surface area contributed by atoms with Crippen LogP contribution in [0.5, 0.6) is 5.75 Å². The molecule has 0 aromatic heterocycles. The molecule has 0 unspecified atom stereocenters. The summed E-state index contributed by atoms with van der Waals surface area (Å²) in [6.45, 7) is 0.781. The molecule has 1 aliphatic carbocycles. The highest BCUT2D eigenvalue weighted by Gasteiger charge is 2.31. The van der Waals surface area contributed by atoms with Gasteiger partial charge in [0.05, 0.1) is 24.9 Å². The molecule has 8 heteroatoms. The van der Waals surface area contributed by atoms with Crippen molar-refractivity contribution in [2.75, 3.05) is 30.4 Å². The van der Waals surface area contributed by atoms with Gasteiger partial charge in [-0.15, -0.1) is 0 Å². The van der Waals surface area contributed by atoms with Crippen molar-refractivity contribution in [3.63, 3.8) is 0 Å². The van der Waals surface area contributed by atoms with E-state index in [1.54, 1.807) is 48.5 Å². The third-order valence-corrected chi connectivity index (χ3v) is 6.02. The van der Waals surface area contributed by atoms with E-state index in [2.05, 4.69) is 5.32 Å². The van der Waals surface area contributed by atoms with Crippen LogP contribution in [0.2, 0.25) is 5.02 Å². The summed E-state index contributed by atoms with van der Waals surface area (Å²) >= 11 is 5.94. The minimum Gasteiger partial charge on any atom is -0.481 e. The monoisotopic (exact) mass is 472 g/mol. The maximum absolute atomic E-state index is 13.7. The average Bonchev–Trinajstić information content (AvgIpc) is 3.64. The number of benzene rings is 2. The summed E-state index contributed by atoms with van der Waals surface area (Å²) in [4.78, 5) is 27.5. The van der Waals surface area contributed by atoms with Crippen molar-refractivity contribution in [1.82, 2.24) is 0 Å². The molecular formula is C25H26ClFN2O4. The van der Waals surface area contributed by atoms with Crippen molar-refractivity contribution in [2.45, 2.75) is 31.8 Å². The molecule has 1 atom stereocenters. The lowest BCUT2D eigenvalue weighted by molar-refractivity contribution is -0.123. The second-order valence-electron chi connectivity index (χ2n) is 8.31. The van der Waals surface area contributed by atoms with E-state index in [9.17, 15) is 14.0 Å². The average molecular weight is 473 g/mol. The number of hydrogen-bond donors (Lipinski definition) is 1. The van der Waals surface area contributed by atoms with E-state index in [0.717, 1.165) is 12.8 Å². The molecule has 33 heavy (non-hydrogen) atoms. The maximum atomic E-state index is 13.7. The molecule has 1 heterocycles. The summed E-state index contributed by atoms with van der Waals surface area (Å²) in [5.74, 6) is -0.152. The normalized spacial score (nSPS) is 16.6.